The Morgan fingerprint density at radius 3 is 2.51 bits per heavy atom. The number of aliphatic carboxylic acids is 1. The average molecular weight is 489 g/mol. The normalized spacial score (nSPS) is 15.1. The van der Waals surface area contributed by atoms with Crippen molar-refractivity contribution < 1.29 is 19.5 Å². The summed E-state index contributed by atoms with van der Waals surface area (Å²) in [5, 5.41) is 12.3. The average Bonchev–Trinajstić information content (AvgIpc) is 3.60. The molecule has 0 radical (unpaired) electrons. The van der Waals surface area contributed by atoms with E-state index in [1.165, 1.54) is 16.9 Å². The van der Waals surface area contributed by atoms with Crippen molar-refractivity contribution in [3.05, 3.63) is 93.5 Å². The Labute approximate surface area is 208 Å². The third kappa shape index (κ3) is 5.87. The smallest absolute Gasteiger partial charge is 0.329 e. The SMILES string of the molecule is Cc1ccc(/C=C/C(=O)c2cccn2C/C=C/c2ccc(C(=O)NC3(C(=O)O)CCCC3)s2)cc1. The topological polar surface area (TPSA) is 88.4 Å². The van der Waals surface area contributed by atoms with Gasteiger partial charge in [-0.25, -0.2) is 4.79 Å². The third-order valence-corrected chi connectivity index (χ3v) is 7.29. The molecule has 2 aromatic heterocycles. The molecule has 6 nitrogen and oxygen atoms in total. The van der Waals surface area contributed by atoms with Crippen molar-refractivity contribution in [3.8, 4) is 0 Å². The standard InChI is InChI=1S/C28H28N2O4S/c1-20-8-10-21(11-9-20)12-14-24(31)23-7-5-19-30(23)18-4-6-22-13-15-25(35-22)26(32)29-28(27(33)34)16-2-3-17-28/h4-15,19H,2-3,16-18H2,1H3,(H,29,32)(H,33,34)/b6-4+,14-12+. The summed E-state index contributed by atoms with van der Waals surface area (Å²) >= 11 is 1.31. The second-order valence-corrected chi connectivity index (χ2v) is 9.92. The molecule has 1 aromatic carbocycles. The van der Waals surface area contributed by atoms with Gasteiger partial charge in [-0.3, -0.25) is 9.59 Å². The first kappa shape index (κ1) is 24.4. The van der Waals surface area contributed by atoms with Crippen LogP contribution < -0.4 is 5.32 Å². The van der Waals surface area contributed by atoms with Crippen molar-refractivity contribution >= 4 is 41.1 Å². The number of carboxylic acid groups (broad SMARTS) is 1. The number of ketones is 1. The molecule has 1 saturated carbocycles. The van der Waals surface area contributed by atoms with Gasteiger partial charge in [0.15, 0.2) is 0 Å². The molecule has 0 bridgehead atoms. The highest BCUT2D eigenvalue weighted by Crippen LogP contribution is 2.31. The van der Waals surface area contributed by atoms with E-state index in [4.69, 9.17) is 0 Å². The van der Waals surface area contributed by atoms with E-state index in [0.29, 0.717) is 30.0 Å². The van der Waals surface area contributed by atoms with Gasteiger partial charge in [-0.1, -0.05) is 54.8 Å². The zero-order valence-corrected chi connectivity index (χ0v) is 20.4. The fraction of sp³-hybridized carbons (Fsp3) is 0.250. The van der Waals surface area contributed by atoms with Crippen LogP contribution in [0.4, 0.5) is 0 Å². The number of thiophene rings is 1. The molecule has 0 atom stereocenters. The lowest BCUT2D eigenvalue weighted by molar-refractivity contribution is -0.144. The summed E-state index contributed by atoms with van der Waals surface area (Å²) in [6.45, 7) is 2.53. The van der Waals surface area contributed by atoms with E-state index >= 15 is 0 Å². The second-order valence-electron chi connectivity index (χ2n) is 8.81. The van der Waals surface area contributed by atoms with E-state index in [1.807, 2.05) is 72.3 Å². The second kappa shape index (κ2) is 10.7. The number of allylic oxidation sites excluding steroid dienone is 2. The quantitative estimate of drug-likeness (QED) is 0.303. The van der Waals surface area contributed by atoms with Gasteiger partial charge in [-0.15, -0.1) is 11.3 Å². The number of aromatic nitrogens is 1. The molecule has 0 aliphatic heterocycles. The molecule has 0 saturated heterocycles. The molecule has 35 heavy (non-hydrogen) atoms. The molecule has 0 spiro atoms. The maximum absolute atomic E-state index is 12.7. The van der Waals surface area contributed by atoms with Crippen LogP contribution in [-0.4, -0.2) is 32.9 Å². The Morgan fingerprint density at radius 1 is 1.06 bits per heavy atom. The number of amides is 1. The van der Waals surface area contributed by atoms with Crippen LogP contribution in [0.15, 0.2) is 66.9 Å². The zero-order chi connectivity index (χ0) is 24.8. The Morgan fingerprint density at radius 2 is 1.80 bits per heavy atom. The number of nitrogens with zero attached hydrogens (tertiary/aromatic N) is 1. The van der Waals surface area contributed by atoms with Gasteiger partial charge in [0.2, 0.25) is 5.78 Å². The summed E-state index contributed by atoms with van der Waals surface area (Å²) in [6.07, 6.45) is 11.6. The van der Waals surface area contributed by atoms with Crippen molar-refractivity contribution in [2.75, 3.05) is 0 Å². The predicted octanol–water partition coefficient (Wildman–Crippen LogP) is 5.59. The molecule has 1 amide bonds. The first-order valence-electron chi connectivity index (χ1n) is 11.6. The molecule has 7 heteroatoms. The summed E-state index contributed by atoms with van der Waals surface area (Å²) in [6, 6.07) is 15.2. The number of nitrogens with one attached hydrogen (secondary N) is 1. The minimum atomic E-state index is -1.15. The maximum Gasteiger partial charge on any atom is 0.329 e. The van der Waals surface area contributed by atoms with E-state index in [0.717, 1.165) is 23.3 Å². The summed E-state index contributed by atoms with van der Waals surface area (Å²) in [5.74, 6) is -1.39. The molecule has 180 valence electrons. The summed E-state index contributed by atoms with van der Waals surface area (Å²) < 4.78 is 1.87. The van der Waals surface area contributed by atoms with Crippen LogP contribution >= 0.6 is 11.3 Å². The minimum absolute atomic E-state index is 0.0710. The Kier molecular flexibility index (Phi) is 7.46. The van der Waals surface area contributed by atoms with E-state index in [2.05, 4.69) is 5.32 Å². The number of benzene rings is 1. The molecule has 1 aliphatic carbocycles. The van der Waals surface area contributed by atoms with Crippen molar-refractivity contribution in [2.24, 2.45) is 0 Å². The molecular formula is C28H28N2O4S. The third-order valence-electron chi connectivity index (χ3n) is 6.24. The lowest BCUT2D eigenvalue weighted by Crippen LogP contribution is -2.52. The highest BCUT2D eigenvalue weighted by atomic mass is 32.1. The molecule has 1 fully saturated rings. The fourth-order valence-electron chi connectivity index (χ4n) is 4.23. The Hall–Kier alpha value is -3.71. The lowest BCUT2D eigenvalue weighted by atomic mass is 9.98. The first-order valence-corrected chi connectivity index (χ1v) is 12.4. The van der Waals surface area contributed by atoms with Crippen LogP contribution in [-0.2, 0) is 11.3 Å². The van der Waals surface area contributed by atoms with Gasteiger partial charge in [-0.2, -0.15) is 0 Å². The first-order chi connectivity index (χ1) is 16.9. The van der Waals surface area contributed by atoms with Gasteiger partial charge in [-0.05, 0) is 61.7 Å². The largest absolute Gasteiger partial charge is 0.480 e. The predicted molar refractivity (Wildman–Crippen MR) is 139 cm³/mol. The van der Waals surface area contributed by atoms with E-state index in [1.54, 1.807) is 18.2 Å². The molecule has 2 N–H and O–H groups in total. The number of carbonyl (C=O) groups is 3. The number of hydrogen-bond acceptors (Lipinski definition) is 4. The summed E-state index contributed by atoms with van der Waals surface area (Å²) in [7, 11) is 0. The van der Waals surface area contributed by atoms with Crippen LogP contribution in [0.5, 0.6) is 0 Å². The van der Waals surface area contributed by atoms with E-state index in [-0.39, 0.29) is 11.7 Å². The van der Waals surface area contributed by atoms with Crippen molar-refractivity contribution in [1.82, 2.24) is 9.88 Å². The highest BCUT2D eigenvalue weighted by Gasteiger charge is 2.42. The van der Waals surface area contributed by atoms with Gasteiger partial charge in [0, 0.05) is 17.6 Å². The molecular weight excluding hydrogens is 460 g/mol. The Balaban J connectivity index is 1.36. The fourth-order valence-corrected chi connectivity index (χ4v) is 5.06. The van der Waals surface area contributed by atoms with Gasteiger partial charge < -0.3 is 15.0 Å². The van der Waals surface area contributed by atoms with Crippen molar-refractivity contribution in [1.29, 1.82) is 0 Å². The molecule has 0 unspecified atom stereocenters. The van der Waals surface area contributed by atoms with Crippen LogP contribution in [0.1, 0.15) is 61.8 Å². The van der Waals surface area contributed by atoms with Gasteiger partial charge in [0.05, 0.1) is 10.6 Å². The number of aryl methyl sites for hydroxylation is 1. The summed E-state index contributed by atoms with van der Waals surface area (Å²) in [5.41, 5.74) is 1.59. The maximum atomic E-state index is 12.7. The van der Waals surface area contributed by atoms with Crippen LogP contribution in [0.3, 0.4) is 0 Å². The van der Waals surface area contributed by atoms with Crippen molar-refractivity contribution in [2.45, 2.75) is 44.7 Å². The van der Waals surface area contributed by atoms with E-state index < -0.39 is 11.5 Å². The number of rotatable bonds is 9. The van der Waals surface area contributed by atoms with Gasteiger partial charge >= 0.3 is 5.97 Å². The summed E-state index contributed by atoms with van der Waals surface area (Å²) in [4.78, 5) is 38.4. The number of hydrogen-bond donors (Lipinski definition) is 2. The van der Waals surface area contributed by atoms with Gasteiger partial charge in [0.25, 0.3) is 5.91 Å². The number of carbonyl (C=O) groups excluding carboxylic acids is 2. The molecule has 4 rings (SSSR count). The highest BCUT2D eigenvalue weighted by molar-refractivity contribution is 7.14. The molecule has 2 heterocycles. The van der Waals surface area contributed by atoms with Crippen LogP contribution in [0, 0.1) is 6.92 Å². The van der Waals surface area contributed by atoms with Crippen LogP contribution in [0.25, 0.3) is 12.2 Å². The van der Waals surface area contributed by atoms with Gasteiger partial charge in [0.1, 0.15) is 5.54 Å². The van der Waals surface area contributed by atoms with E-state index in [9.17, 15) is 19.5 Å². The van der Waals surface area contributed by atoms with Crippen molar-refractivity contribution in [3.63, 3.8) is 0 Å². The monoisotopic (exact) mass is 488 g/mol. The lowest BCUT2D eigenvalue weighted by Gasteiger charge is -2.24. The zero-order valence-electron chi connectivity index (χ0n) is 19.6. The Bertz CT molecular complexity index is 1270. The molecule has 3 aromatic rings. The number of carboxylic acids is 1. The minimum Gasteiger partial charge on any atom is -0.480 e. The van der Waals surface area contributed by atoms with Crippen LogP contribution in [0.2, 0.25) is 0 Å². The molecule has 1 aliphatic rings.